The Morgan fingerprint density at radius 2 is 1.55 bits per heavy atom. The summed E-state index contributed by atoms with van der Waals surface area (Å²) in [6.07, 6.45) is 3.29. The van der Waals surface area contributed by atoms with Crippen LogP contribution >= 0.6 is 0 Å². The molecule has 1 aliphatic heterocycles. The number of benzene rings is 3. The highest BCUT2D eigenvalue weighted by Crippen LogP contribution is 2.19. The molecule has 0 saturated carbocycles. The zero-order valence-electron chi connectivity index (χ0n) is 16.2. The Balaban J connectivity index is 1.43. The lowest BCUT2D eigenvalue weighted by atomic mass is 10.1. The van der Waals surface area contributed by atoms with Gasteiger partial charge in [0.1, 0.15) is 0 Å². The maximum Gasteiger partial charge on any atom is 0.253 e. The molecule has 0 spiro atoms. The Kier molecular flexibility index (Phi) is 5.65. The zero-order chi connectivity index (χ0) is 20.3. The van der Waals surface area contributed by atoms with Gasteiger partial charge in [-0.15, -0.1) is 0 Å². The van der Waals surface area contributed by atoms with Crippen LogP contribution in [0.1, 0.15) is 35.2 Å². The minimum absolute atomic E-state index is 0.0491. The Morgan fingerprint density at radius 3 is 2.28 bits per heavy atom. The molecule has 29 heavy (non-hydrogen) atoms. The SMILES string of the molecule is O=C(c1ccc(CNS(=O)(=O)c2ccc3ccccc3c2)cc1)N1CCCCC1. The number of hydrogen-bond acceptors (Lipinski definition) is 3. The minimum atomic E-state index is -3.62. The number of likely N-dealkylation sites (tertiary alicyclic amines) is 1. The third kappa shape index (κ3) is 4.49. The number of carbonyl (C=O) groups excluding carboxylic acids is 1. The van der Waals surface area contributed by atoms with Crippen molar-refractivity contribution in [1.82, 2.24) is 9.62 Å². The van der Waals surface area contributed by atoms with Crippen molar-refractivity contribution < 1.29 is 13.2 Å². The minimum Gasteiger partial charge on any atom is -0.339 e. The van der Waals surface area contributed by atoms with Crippen LogP contribution in [0.2, 0.25) is 0 Å². The molecule has 6 heteroatoms. The summed E-state index contributed by atoms with van der Waals surface area (Å²) in [6.45, 7) is 1.80. The summed E-state index contributed by atoms with van der Waals surface area (Å²) in [5.74, 6) is 0.0491. The quantitative estimate of drug-likeness (QED) is 0.695. The number of fused-ring (bicyclic) bond motifs is 1. The monoisotopic (exact) mass is 408 g/mol. The van der Waals surface area contributed by atoms with Crippen molar-refractivity contribution in [3.63, 3.8) is 0 Å². The average molecular weight is 409 g/mol. The van der Waals surface area contributed by atoms with Gasteiger partial charge in [-0.2, -0.15) is 0 Å². The topological polar surface area (TPSA) is 66.5 Å². The maximum absolute atomic E-state index is 12.7. The van der Waals surface area contributed by atoms with Crippen molar-refractivity contribution in [3.05, 3.63) is 77.9 Å². The summed E-state index contributed by atoms with van der Waals surface area (Å²) in [4.78, 5) is 14.7. The van der Waals surface area contributed by atoms with Gasteiger partial charge in [0, 0.05) is 25.2 Å². The van der Waals surface area contributed by atoms with E-state index >= 15 is 0 Å². The highest BCUT2D eigenvalue weighted by molar-refractivity contribution is 7.89. The largest absolute Gasteiger partial charge is 0.339 e. The number of rotatable bonds is 5. The van der Waals surface area contributed by atoms with E-state index in [1.165, 1.54) is 6.42 Å². The summed E-state index contributed by atoms with van der Waals surface area (Å²) in [7, 11) is -3.62. The van der Waals surface area contributed by atoms with Gasteiger partial charge in [-0.05, 0) is 59.9 Å². The van der Waals surface area contributed by atoms with E-state index < -0.39 is 10.0 Å². The number of nitrogens with zero attached hydrogens (tertiary/aromatic N) is 1. The van der Waals surface area contributed by atoms with Crippen LogP contribution in [0.15, 0.2) is 71.6 Å². The maximum atomic E-state index is 12.7. The number of sulfonamides is 1. The van der Waals surface area contributed by atoms with Crippen LogP contribution in [0, 0.1) is 0 Å². The van der Waals surface area contributed by atoms with E-state index in [1.54, 1.807) is 36.4 Å². The lowest BCUT2D eigenvalue weighted by Crippen LogP contribution is -2.35. The molecule has 4 rings (SSSR count). The van der Waals surface area contributed by atoms with E-state index in [4.69, 9.17) is 0 Å². The number of nitrogens with one attached hydrogen (secondary N) is 1. The lowest BCUT2D eigenvalue weighted by Gasteiger charge is -2.26. The van der Waals surface area contributed by atoms with Crippen molar-refractivity contribution in [2.24, 2.45) is 0 Å². The first-order chi connectivity index (χ1) is 14.0. The van der Waals surface area contributed by atoms with Gasteiger partial charge in [0.05, 0.1) is 4.90 Å². The van der Waals surface area contributed by atoms with Gasteiger partial charge in [-0.3, -0.25) is 4.79 Å². The summed E-state index contributed by atoms with van der Waals surface area (Å²) in [5, 5.41) is 1.89. The molecule has 1 saturated heterocycles. The van der Waals surface area contributed by atoms with Crippen molar-refractivity contribution in [2.45, 2.75) is 30.7 Å². The van der Waals surface area contributed by atoms with Gasteiger partial charge in [0.15, 0.2) is 0 Å². The van der Waals surface area contributed by atoms with E-state index in [-0.39, 0.29) is 17.3 Å². The highest BCUT2D eigenvalue weighted by atomic mass is 32.2. The molecule has 150 valence electrons. The van der Waals surface area contributed by atoms with Crippen LogP contribution in [0.3, 0.4) is 0 Å². The molecular weight excluding hydrogens is 384 g/mol. The van der Waals surface area contributed by atoms with Crippen molar-refractivity contribution in [2.75, 3.05) is 13.1 Å². The molecule has 1 fully saturated rings. The van der Waals surface area contributed by atoms with Crippen LogP contribution in [0.5, 0.6) is 0 Å². The van der Waals surface area contributed by atoms with Gasteiger partial charge in [-0.25, -0.2) is 13.1 Å². The fourth-order valence-electron chi connectivity index (χ4n) is 3.64. The Morgan fingerprint density at radius 1 is 0.862 bits per heavy atom. The normalized spacial score (nSPS) is 14.8. The second-order valence-electron chi connectivity index (χ2n) is 7.38. The van der Waals surface area contributed by atoms with Gasteiger partial charge >= 0.3 is 0 Å². The molecular formula is C23H24N2O3S. The van der Waals surface area contributed by atoms with Gasteiger partial charge in [0.2, 0.25) is 10.0 Å². The van der Waals surface area contributed by atoms with Crippen LogP contribution in [0.4, 0.5) is 0 Å². The molecule has 1 heterocycles. The third-order valence-corrected chi connectivity index (χ3v) is 6.74. The highest BCUT2D eigenvalue weighted by Gasteiger charge is 2.18. The summed E-state index contributed by atoms with van der Waals surface area (Å²) >= 11 is 0. The van der Waals surface area contributed by atoms with Crippen LogP contribution in [-0.4, -0.2) is 32.3 Å². The zero-order valence-corrected chi connectivity index (χ0v) is 17.0. The predicted octanol–water partition coefficient (Wildman–Crippen LogP) is 3.94. The first-order valence-corrected chi connectivity index (χ1v) is 11.4. The Labute approximate surface area is 171 Å². The molecule has 1 N–H and O–H groups in total. The van der Waals surface area contributed by atoms with Gasteiger partial charge < -0.3 is 4.90 Å². The first kappa shape index (κ1) is 19.6. The molecule has 3 aromatic carbocycles. The van der Waals surface area contributed by atoms with Crippen molar-refractivity contribution in [1.29, 1.82) is 0 Å². The molecule has 5 nitrogen and oxygen atoms in total. The van der Waals surface area contributed by atoms with E-state index in [0.717, 1.165) is 42.3 Å². The number of piperidine rings is 1. The average Bonchev–Trinajstić information content (AvgIpc) is 2.78. The standard InChI is InChI=1S/C23H24N2O3S/c26-23(25-14-4-1-5-15-25)20-10-8-18(9-11-20)17-24-29(27,28)22-13-12-19-6-2-3-7-21(19)16-22/h2-3,6-13,16,24H,1,4-5,14-15,17H2. The molecule has 0 aromatic heterocycles. The molecule has 0 unspecified atom stereocenters. The second-order valence-corrected chi connectivity index (χ2v) is 9.15. The predicted molar refractivity (Wildman–Crippen MR) is 114 cm³/mol. The van der Waals surface area contributed by atoms with E-state index in [1.807, 2.05) is 35.2 Å². The molecule has 1 aliphatic rings. The Bertz CT molecular complexity index is 1120. The van der Waals surface area contributed by atoms with E-state index in [9.17, 15) is 13.2 Å². The molecule has 1 amide bonds. The van der Waals surface area contributed by atoms with E-state index in [0.29, 0.717) is 5.56 Å². The summed E-state index contributed by atoms with van der Waals surface area (Å²) in [5.41, 5.74) is 1.46. The molecule has 0 atom stereocenters. The van der Waals surface area contributed by atoms with Crippen molar-refractivity contribution in [3.8, 4) is 0 Å². The summed E-state index contributed by atoms with van der Waals surface area (Å²) in [6, 6.07) is 19.9. The molecule has 0 aliphatic carbocycles. The number of carbonyl (C=O) groups is 1. The number of amides is 1. The fraction of sp³-hybridized carbons (Fsp3) is 0.261. The molecule has 0 radical (unpaired) electrons. The van der Waals surface area contributed by atoms with Crippen LogP contribution < -0.4 is 4.72 Å². The fourth-order valence-corrected chi connectivity index (χ4v) is 4.69. The molecule has 0 bridgehead atoms. The van der Waals surface area contributed by atoms with E-state index in [2.05, 4.69) is 4.72 Å². The number of hydrogen-bond donors (Lipinski definition) is 1. The van der Waals surface area contributed by atoms with Crippen LogP contribution in [-0.2, 0) is 16.6 Å². The molecule has 3 aromatic rings. The lowest BCUT2D eigenvalue weighted by molar-refractivity contribution is 0.0724. The third-order valence-electron chi connectivity index (χ3n) is 5.34. The first-order valence-electron chi connectivity index (χ1n) is 9.90. The van der Waals surface area contributed by atoms with Crippen molar-refractivity contribution >= 4 is 26.7 Å². The van der Waals surface area contributed by atoms with Gasteiger partial charge in [-0.1, -0.05) is 42.5 Å². The second kappa shape index (κ2) is 8.35. The summed E-state index contributed by atoms with van der Waals surface area (Å²) < 4.78 is 28.0. The Hall–Kier alpha value is -2.70. The van der Waals surface area contributed by atoms with Gasteiger partial charge in [0.25, 0.3) is 5.91 Å². The smallest absolute Gasteiger partial charge is 0.253 e. The van der Waals surface area contributed by atoms with Crippen LogP contribution in [0.25, 0.3) is 10.8 Å².